The van der Waals surface area contributed by atoms with Gasteiger partial charge in [-0.1, -0.05) is 32.0 Å². The summed E-state index contributed by atoms with van der Waals surface area (Å²) in [5.41, 5.74) is 3.32. The van der Waals surface area contributed by atoms with Gasteiger partial charge in [-0.2, -0.15) is 0 Å². The molecule has 0 aliphatic carbocycles. The molecule has 0 spiro atoms. The number of aromatic nitrogens is 2. The molecule has 122 valence electrons. The number of carbonyl (C=O) groups is 1. The lowest BCUT2D eigenvalue weighted by molar-refractivity contribution is 0.0654. The number of hydrogen-bond donors (Lipinski definition) is 1. The summed E-state index contributed by atoms with van der Waals surface area (Å²) in [5.74, 6) is 0.431. The van der Waals surface area contributed by atoms with Crippen molar-refractivity contribution in [2.24, 2.45) is 5.92 Å². The minimum atomic E-state index is -0.255. The van der Waals surface area contributed by atoms with Crippen LogP contribution in [0.25, 0.3) is 5.65 Å². The van der Waals surface area contributed by atoms with Gasteiger partial charge < -0.3 is 14.6 Å². The van der Waals surface area contributed by atoms with Gasteiger partial charge in [0.2, 0.25) is 0 Å². The van der Waals surface area contributed by atoms with Crippen LogP contribution in [0.4, 0.5) is 5.69 Å². The molecule has 0 bridgehead atoms. The number of rotatable bonds is 3. The van der Waals surface area contributed by atoms with Gasteiger partial charge in [0.15, 0.2) is 0 Å². The predicted octanol–water partition coefficient (Wildman–Crippen LogP) is 3.56. The standard InChI is InChI=1S/C19H20N4O/c1-13(2)11-23-18(16-12-22-10-6-5-9-17(22)20-16)21-15-8-4-3-7-14(15)19(23)24/h3-10,12-13,18,21H,11H2,1-2H3/t18-/m0/s1. The third-order valence-electron chi connectivity index (χ3n) is 4.25. The number of para-hydroxylation sites is 1. The first-order chi connectivity index (χ1) is 11.6. The van der Waals surface area contributed by atoms with Crippen molar-refractivity contribution in [2.75, 3.05) is 11.9 Å². The van der Waals surface area contributed by atoms with E-state index in [4.69, 9.17) is 4.98 Å². The predicted molar refractivity (Wildman–Crippen MR) is 93.9 cm³/mol. The lowest BCUT2D eigenvalue weighted by Crippen LogP contribution is -2.44. The van der Waals surface area contributed by atoms with Crippen LogP contribution >= 0.6 is 0 Å². The first-order valence-electron chi connectivity index (χ1n) is 8.23. The third-order valence-corrected chi connectivity index (χ3v) is 4.25. The van der Waals surface area contributed by atoms with Gasteiger partial charge in [0, 0.05) is 24.6 Å². The fraction of sp³-hybridized carbons (Fsp3) is 0.263. The summed E-state index contributed by atoms with van der Waals surface area (Å²) in [6, 6.07) is 13.6. The SMILES string of the molecule is CC(C)CN1C(=O)c2ccccc2N[C@@H]1c1cn2ccccc2n1. The molecular weight excluding hydrogens is 300 g/mol. The Balaban J connectivity index is 1.80. The number of nitrogens with zero attached hydrogens (tertiary/aromatic N) is 3. The fourth-order valence-corrected chi connectivity index (χ4v) is 3.19. The van der Waals surface area contributed by atoms with Gasteiger partial charge in [0.25, 0.3) is 5.91 Å². The number of benzene rings is 1. The van der Waals surface area contributed by atoms with E-state index in [1.807, 2.05) is 64.2 Å². The summed E-state index contributed by atoms with van der Waals surface area (Å²) in [7, 11) is 0. The smallest absolute Gasteiger partial charge is 0.257 e. The second kappa shape index (κ2) is 5.67. The van der Waals surface area contributed by atoms with Crippen LogP contribution in [0.15, 0.2) is 54.9 Å². The highest BCUT2D eigenvalue weighted by Crippen LogP contribution is 2.33. The molecule has 1 aliphatic rings. The van der Waals surface area contributed by atoms with E-state index >= 15 is 0 Å². The van der Waals surface area contributed by atoms with Gasteiger partial charge in [-0.05, 0) is 30.2 Å². The highest BCUT2D eigenvalue weighted by molar-refractivity contribution is 6.01. The van der Waals surface area contributed by atoms with Crippen molar-refractivity contribution in [3.05, 3.63) is 66.1 Å². The molecule has 1 aromatic carbocycles. The molecule has 24 heavy (non-hydrogen) atoms. The Kier molecular flexibility index (Phi) is 3.49. The van der Waals surface area contributed by atoms with Crippen LogP contribution in [0.1, 0.15) is 36.1 Å². The van der Waals surface area contributed by atoms with Crippen LogP contribution in [0.5, 0.6) is 0 Å². The van der Waals surface area contributed by atoms with Gasteiger partial charge >= 0.3 is 0 Å². The maximum atomic E-state index is 13.0. The molecule has 1 aliphatic heterocycles. The van der Waals surface area contributed by atoms with Crippen molar-refractivity contribution in [2.45, 2.75) is 20.0 Å². The van der Waals surface area contributed by atoms with Gasteiger partial charge in [0.05, 0.1) is 5.56 Å². The Morgan fingerprint density at radius 3 is 2.75 bits per heavy atom. The summed E-state index contributed by atoms with van der Waals surface area (Å²) in [4.78, 5) is 19.6. The molecule has 5 heteroatoms. The number of hydrogen-bond acceptors (Lipinski definition) is 3. The number of imidazole rings is 1. The highest BCUT2D eigenvalue weighted by atomic mass is 16.2. The Hall–Kier alpha value is -2.82. The number of fused-ring (bicyclic) bond motifs is 2. The van der Waals surface area contributed by atoms with E-state index in [9.17, 15) is 4.79 Å². The monoisotopic (exact) mass is 320 g/mol. The maximum Gasteiger partial charge on any atom is 0.257 e. The summed E-state index contributed by atoms with van der Waals surface area (Å²) in [6.07, 6.45) is 3.70. The molecule has 1 atom stereocenters. The van der Waals surface area contributed by atoms with Crippen molar-refractivity contribution in [1.82, 2.24) is 14.3 Å². The first kappa shape index (κ1) is 14.8. The number of carbonyl (C=O) groups excluding carboxylic acids is 1. The van der Waals surface area contributed by atoms with Crippen molar-refractivity contribution < 1.29 is 4.79 Å². The van der Waals surface area contributed by atoms with E-state index in [2.05, 4.69) is 19.2 Å². The molecule has 2 aromatic heterocycles. The van der Waals surface area contributed by atoms with Gasteiger partial charge in [-0.3, -0.25) is 4.79 Å². The van der Waals surface area contributed by atoms with Gasteiger partial charge in [-0.15, -0.1) is 0 Å². The largest absolute Gasteiger partial charge is 0.359 e. The average Bonchev–Trinajstić information content (AvgIpc) is 3.01. The Morgan fingerprint density at radius 1 is 1.17 bits per heavy atom. The summed E-state index contributed by atoms with van der Waals surface area (Å²) >= 11 is 0. The molecular formula is C19H20N4O. The zero-order valence-corrected chi connectivity index (χ0v) is 13.8. The van der Waals surface area contributed by atoms with Crippen molar-refractivity contribution >= 4 is 17.2 Å². The fourth-order valence-electron chi connectivity index (χ4n) is 3.19. The van der Waals surface area contributed by atoms with Crippen LogP contribution in [-0.4, -0.2) is 26.7 Å². The van der Waals surface area contributed by atoms with E-state index in [1.165, 1.54) is 0 Å². The number of nitrogens with one attached hydrogen (secondary N) is 1. The second-order valence-corrected chi connectivity index (χ2v) is 6.58. The minimum Gasteiger partial charge on any atom is -0.359 e. The molecule has 3 heterocycles. The molecule has 1 amide bonds. The van der Waals surface area contributed by atoms with E-state index < -0.39 is 0 Å². The zero-order valence-electron chi connectivity index (χ0n) is 13.8. The Labute approximate surface area is 140 Å². The molecule has 0 radical (unpaired) electrons. The molecule has 4 rings (SSSR count). The van der Waals surface area contributed by atoms with E-state index in [0.717, 1.165) is 22.6 Å². The molecule has 3 aromatic rings. The van der Waals surface area contributed by atoms with Crippen LogP contribution in [0, 0.1) is 5.92 Å². The maximum absolute atomic E-state index is 13.0. The van der Waals surface area contributed by atoms with Crippen LogP contribution in [-0.2, 0) is 0 Å². The molecule has 5 nitrogen and oxygen atoms in total. The van der Waals surface area contributed by atoms with E-state index in [0.29, 0.717) is 12.5 Å². The van der Waals surface area contributed by atoms with Crippen LogP contribution in [0.2, 0.25) is 0 Å². The number of anilines is 1. The molecule has 0 unspecified atom stereocenters. The molecule has 1 N–H and O–H groups in total. The summed E-state index contributed by atoms with van der Waals surface area (Å²) in [6.45, 7) is 4.92. The highest BCUT2D eigenvalue weighted by Gasteiger charge is 2.34. The normalized spacial score (nSPS) is 17.2. The lowest BCUT2D eigenvalue weighted by atomic mass is 10.0. The third kappa shape index (κ3) is 2.42. The average molecular weight is 320 g/mol. The Morgan fingerprint density at radius 2 is 1.96 bits per heavy atom. The zero-order chi connectivity index (χ0) is 16.7. The van der Waals surface area contributed by atoms with Crippen molar-refractivity contribution in [3.8, 4) is 0 Å². The number of amides is 1. The topological polar surface area (TPSA) is 49.6 Å². The van der Waals surface area contributed by atoms with Gasteiger partial charge in [0.1, 0.15) is 17.5 Å². The molecule has 0 saturated carbocycles. The quantitative estimate of drug-likeness (QED) is 0.803. The lowest BCUT2D eigenvalue weighted by Gasteiger charge is -2.38. The van der Waals surface area contributed by atoms with E-state index in [1.54, 1.807) is 0 Å². The van der Waals surface area contributed by atoms with Gasteiger partial charge in [-0.25, -0.2) is 4.98 Å². The molecule has 0 fully saturated rings. The Bertz CT molecular complexity index is 866. The van der Waals surface area contributed by atoms with Crippen LogP contribution < -0.4 is 5.32 Å². The summed E-state index contributed by atoms with van der Waals surface area (Å²) in [5, 5.41) is 3.49. The van der Waals surface area contributed by atoms with E-state index in [-0.39, 0.29) is 12.1 Å². The minimum absolute atomic E-state index is 0.0557. The summed E-state index contributed by atoms with van der Waals surface area (Å²) < 4.78 is 1.98. The van der Waals surface area contributed by atoms with Crippen LogP contribution in [0.3, 0.4) is 0 Å². The molecule has 0 saturated heterocycles. The van der Waals surface area contributed by atoms with Crippen molar-refractivity contribution in [1.29, 1.82) is 0 Å². The second-order valence-electron chi connectivity index (χ2n) is 6.58. The van der Waals surface area contributed by atoms with Crippen molar-refractivity contribution in [3.63, 3.8) is 0 Å². The first-order valence-corrected chi connectivity index (χ1v) is 8.23. The number of pyridine rings is 1.